The first kappa shape index (κ1) is 17.1. The summed E-state index contributed by atoms with van der Waals surface area (Å²) in [6.45, 7) is 2.41. The van der Waals surface area contributed by atoms with Crippen LogP contribution in [0.1, 0.15) is 23.0 Å². The summed E-state index contributed by atoms with van der Waals surface area (Å²) in [5.74, 6) is -1.37. The monoisotopic (exact) mass is 371 g/mol. The van der Waals surface area contributed by atoms with Crippen molar-refractivity contribution in [2.45, 2.75) is 19.5 Å². The van der Waals surface area contributed by atoms with E-state index in [1.54, 1.807) is 29.3 Å². The minimum Gasteiger partial charge on any atom is -0.502 e. The largest absolute Gasteiger partial charge is 0.502 e. The Balaban J connectivity index is 1.90. The van der Waals surface area contributed by atoms with Crippen LogP contribution >= 0.6 is 0 Å². The molecule has 2 aliphatic heterocycles. The molecule has 0 saturated carbocycles. The number of carbonyl (C=O) groups excluding carboxylic acids is 1. The molecule has 0 fully saturated rings. The lowest BCUT2D eigenvalue weighted by Gasteiger charge is -2.41. The van der Waals surface area contributed by atoms with E-state index in [9.17, 15) is 19.1 Å². The van der Waals surface area contributed by atoms with Crippen LogP contribution in [-0.2, 0) is 6.54 Å². The summed E-state index contributed by atoms with van der Waals surface area (Å²) in [7, 11) is 0. The molecule has 2 aromatic rings. The lowest BCUT2D eigenvalue weighted by molar-refractivity contribution is 0.0649. The van der Waals surface area contributed by atoms with E-state index in [1.807, 2.05) is 6.92 Å². The average Bonchev–Trinajstić information content (AvgIpc) is 2.67. The number of halogens is 1. The van der Waals surface area contributed by atoms with Crippen molar-refractivity contribution < 1.29 is 19.0 Å². The molecule has 1 amide bonds. The summed E-state index contributed by atoms with van der Waals surface area (Å²) in [5, 5.41) is 12.0. The normalized spacial score (nSPS) is 20.2. The number of carbonyl (C=O) groups is 1. The maximum atomic E-state index is 14.3. The third-order valence-corrected chi connectivity index (χ3v) is 4.77. The van der Waals surface area contributed by atoms with Gasteiger partial charge in [0.2, 0.25) is 5.43 Å². The summed E-state index contributed by atoms with van der Waals surface area (Å²) in [6, 6.07) is 5.55. The van der Waals surface area contributed by atoms with Crippen LogP contribution in [0.3, 0.4) is 0 Å². The molecule has 7 nitrogen and oxygen atoms in total. The summed E-state index contributed by atoms with van der Waals surface area (Å²) < 4.78 is 21.3. The van der Waals surface area contributed by atoms with Gasteiger partial charge in [-0.25, -0.2) is 4.39 Å². The number of rotatable bonds is 0. The summed E-state index contributed by atoms with van der Waals surface area (Å²) in [5.41, 5.74) is -0.137. The number of amides is 1. The quantitative estimate of drug-likeness (QED) is 0.712. The van der Waals surface area contributed by atoms with Crippen molar-refractivity contribution in [2.24, 2.45) is 0 Å². The van der Waals surface area contributed by atoms with Gasteiger partial charge in [-0.2, -0.15) is 0 Å². The highest BCUT2D eigenvalue weighted by atomic mass is 19.1. The summed E-state index contributed by atoms with van der Waals surface area (Å²) in [4.78, 5) is 26.3. The molecular formula is C19H18FN3O4. The van der Waals surface area contributed by atoms with Crippen molar-refractivity contribution in [1.29, 1.82) is 0 Å². The van der Waals surface area contributed by atoms with Crippen LogP contribution in [-0.4, -0.2) is 39.9 Å². The average molecular weight is 371 g/mol. The number of pyridine rings is 1. The number of fused-ring (bicyclic) bond motifs is 5. The molecule has 1 aromatic carbocycles. The van der Waals surface area contributed by atoms with E-state index in [0.29, 0.717) is 5.56 Å². The fraction of sp³-hybridized carbons (Fsp3) is 0.263. The maximum absolute atomic E-state index is 14.3. The van der Waals surface area contributed by atoms with Gasteiger partial charge in [0, 0.05) is 23.9 Å². The van der Waals surface area contributed by atoms with Crippen molar-refractivity contribution in [2.75, 3.05) is 18.3 Å². The van der Waals surface area contributed by atoms with Gasteiger partial charge in [-0.1, -0.05) is 18.2 Å². The van der Waals surface area contributed by atoms with Crippen LogP contribution < -0.4 is 15.2 Å². The Bertz CT molecular complexity index is 1000. The van der Waals surface area contributed by atoms with Crippen molar-refractivity contribution in [3.63, 3.8) is 0 Å². The molecule has 140 valence electrons. The highest BCUT2D eigenvalue weighted by Crippen LogP contribution is 2.28. The molecule has 2 aliphatic rings. The Morgan fingerprint density at radius 1 is 1.26 bits per heavy atom. The topological polar surface area (TPSA) is 75.0 Å². The van der Waals surface area contributed by atoms with E-state index in [-0.39, 0.29) is 37.3 Å². The number of hydrogen-bond donors (Lipinski definition) is 1. The predicted molar refractivity (Wildman–Crippen MR) is 95.8 cm³/mol. The van der Waals surface area contributed by atoms with E-state index >= 15 is 0 Å². The van der Waals surface area contributed by atoms with Gasteiger partial charge < -0.3 is 14.7 Å². The lowest BCUT2D eigenvalue weighted by atomic mass is 10.1. The number of aromatic nitrogens is 1. The van der Waals surface area contributed by atoms with Crippen LogP contribution in [0, 0.1) is 5.82 Å². The standard InChI is InChI=1S/C19H18FN3O4/c1-12-4-3-9-27-18-13(5-2-6-14(18)20)10-21-11-22(12)19(26)16-17(25)15(24)7-8-23(16)21/h2-8,12,25H,9-11H2,1H3/b4-3+. The van der Waals surface area contributed by atoms with E-state index in [0.717, 1.165) is 0 Å². The van der Waals surface area contributed by atoms with Gasteiger partial charge in [0.15, 0.2) is 23.0 Å². The molecule has 0 spiro atoms. The highest BCUT2D eigenvalue weighted by molar-refractivity contribution is 5.96. The predicted octanol–water partition coefficient (Wildman–Crippen LogP) is 1.58. The number of benzene rings is 1. The summed E-state index contributed by atoms with van der Waals surface area (Å²) in [6.07, 6.45) is 4.93. The Hall–Kier alpha value is -3.29. The van der Waals surface area contributed by atoms with E-state index in [2.05, 4.69) is 0 Å². The molecule has 1 unspecified atom stereocenters. The van der Waals surface area contributed by atoms with Crippen LogP contribution in [0.4, 0.5) is 4.39 Å². The van der Waals surface area contributed by atoms with Gasteiger partial charge in [0.05, 0.1) is 6.54 Å². The maximum Gasteiger partial charge on any atom is 0.278 e. The van der Waals surface area contributed by atoms with Gasteiger partial charge in [-0.3, -0.25) is 19.3 Å². The Morgan fingerprint density at radius 3 is 2.89 bits per heavy atom. The third kappa shape index (κ3) is 2.83. The van der Waals surface area contributed by atoms with Crippen LogP contribution in [0.2, 0.25) is 0 Å². The number of para-hydroxylation sites is 1. The smallest absolute Gasteiger partial charge is 0.278 e. The molecular weight excluding hydrogens is 353 g/mol. The van der Waals surface area contributed by atoms with Gasteiger partial charge >= 0.3 is 0 Å². The fourth-order valence-electron chi connectivity index (χ4n) is 3.36. The Labute approximate surface area is 154 Å². The highest BCUT2D eigenvalue weighted by Gasteiger charge is 2.34. The van der Waals surface area contributed by atoms with Crippen molar-refractivity contribution in [3.05, 3.63) is 69.9 Å². The molecule has 3 heterocycles. The Kier molecular flexibility index (Phi) is 4.10. The molecule has 0 radical (unpaired) electrons. The van der Waals surface area contributed by atoms with Crippen LogP contribution in [0.15, 0.2) is 47.4 Å². The molecule has 1 atom stereocenters. The van der Waals surface area contributed by atoms with Gasteiger partial charge in [-0.15, -0.1) is 0 Å². The van der Waals surface area contributed by atoms with Crippen molar-refractivity contribution in [3.8, 4) is 11.5 Å². The fourth-order valence-corrected chi connectivity index (χ4v) is 3.36. The SMILES string of the molecule is CC1/C=C/COc2c(F)cccc2CN2CN1C(=O)c1c(O)c(=O)ccn12. The number of nitrogens with zero attached hydrogens (tertiary/aromatic N) is 3. The first-order valence-electron chi connectivity index (χ1n) is 8.55. The third-order valence-electron chi connectivity index (χ3n) is 4.77. The lowest BCUT2D eigenvalue weighted by Crippen LogP contribution is -2.55. The molecule has 4 rings (SSSR count). The second kappa shape index (κ2) is 6.46. The first-order valence-corrected chi connectivity index (χ1v) is 8.55. The molecule has 2 bridgehead atoms. The van der Waals surface area contributed by atoms with Gasteiger partial charge in [0.25, 0.3) is 5.91 Å². The van der Waals surface area contributed by atoms with Crippen LogP contribution in [0.25, 0.3) is 0 Å². The first-order chi connectivity index (χ1) is 13.0. The van der Waals surface area contributed by atoms with E-state index in [1.165, 1.54) is 27.9 Å². The molecule has 8 heteroatoms. The van der Waals surface area contributed by atoms with Crippen LogP contribution in [0.5, 0.6) is 11.5 Å². The number of aromatic hydroxyl groups is 1. The zero-order valence-corrected chi connectivity index (χ0v) is 14.6. The molecule has 1 N–H and O–H groups in total. The second-order valence-corrected chi connectivity index (χ2v) is 6.51. The second-order valence-electron chi connectivity index (χ2n) is 6.51. The number of hydrogen-bond acceptors (Lipinski definition) is 5. The minimum absolute atomic E-state index is 0.105. The van der Waals surface area contributed by atoms with Gasteiger partial charge in [-0.05, 0) is 19.1 Å². The van der Waals surface area contributed by atoms with Crippen molar-refractivity contribution in [1.82, 2.24) is 9.58 Å². The number of ether oxygens (including phenoxy) is 1. The van der Waals surface area contributed by atoms with E-state index < -0.39 is 22.9 Å². The molecule has 27 heavy (non-hydrogen) atoms. The minimum atomic E-state index is -0.626. The zero-order valence-electron chi connectivity index (χ0n) is 14.6. The Morgan fingerprint density at radius 2 is 2.07 bits per heavy atom. The van der Waals surface area contributed by atoms with Crippen molar-refractivity contribution >= 4 is 5.91 Å². The van der Waals surface area contributed by atoms with E-state index in [4.69, 9.17) is 4.74 Å². The molecule has 1 aromatic heterocycles. The summed E-state index contributed by atoms with van der Waals surface area (Å²) >= 11 is 0. The molecule has 0 aliphatic carbocycles. The van der Waals surface area contributed by atoms with Gasteiger partial charge in [0.1, 0.15) is 13.3 Å². The zero-order chi connectivity index (χ0) is 19.1. The molecule has 0 saturated heterocycles.